The fourth-order valence-electron chi connectivity index (χ4n) is 1.68. The number of nitrogens with zero attached hydrogens (tertiary/aromatic N) is 4. The lowest BCUT2D eigenvalue weighted by molar-refractivity contribution is 0.379. The van der Waals surface area contributed by atoms with Gasteiger partial charge in [-0.25, -0.2) is 4.39 Å². The van der Waals surface area contributed by atoms with Gasteiger partial charge in [0, 0.05) is 12.1 Å². The summed E-state index contributed by atoms with van der Waals surface area (Å²) >= 11 is 0. The molecule has 0 saturated carbocycles. The summed E-state index contributed by atoms with van der Waals surface area (Å²) in [4.78, 5) is 12.4. The molecule has 0 atom stereocenters. The summed E-state index contributed by atoms with van der Waals surface area (Å²) in [6.45, 7) is 2.71. The number of hydrogen-bond acceptors (Lipinski definition) is 6. The van der Waals surface area contributed by atoms with E-state index < -0.39 is 5.82 Å². The van der Waals surface area contributed by atoms with Crippen LogP contribution in [0.15, 0.2) is 18.2 Å². The van der Waals surface area contributed by atoms with Crippen LogP contribution >= 0.6 is 0 Å². The van der Waals surface area contributed by atoms with Gasteiger partial charge in [0.15, 0.2) is 5.82 Å². The van der Waals surface area contributed by atoms with Gasteiger partial charge in [0.05, 0.1) is 18.7 Å². The number of ether oxygens (including phenoxy) is 1. The molecule has 0 saturated heterocycles. The van der Waals surface area contributed by atoms with Crippen molar-refractivity contribution in [2.75, 3.05) is 19.0 Å². The van der Waals surface area contributed by atoms with Crippen LogP contribution in [0.25, 0.3) is 11.4 Å². The molecule has 0 unspecified atom stereocenters. The molecule has 0 spiro atoms. The van der Waals surface area contributed by atoms with Crippen molar-refractivity contribution in [2.24, 2.45) is 0 Å². The van der Waals surface area contributed by atoms with Crippen molar-refractivity contribution in [1.29, 1.82) is 5.26 Å². The molecule has 2 rings (SSSR count). The van der Waals surface area contributed by atoms with Crippen LogP contribution in [0.1, 0.15) is 18.9 Å². The molecule has 0 aliphatic heterocycles. The van der Waals surface area contributed by atoms with E-state index in [1.165, 1.54) is 19.2 Å². The maximum atomic E-state index is 13.5. The smallest absolute Gasteiger partial charge is 0.321 e. The average molecular weight is 287 g/mol. The minimum atomic E-state index is -0.522. The van der Waals surface area contributed by atoms with E-state index in [-0.39, 0.29) is 17.4 Å². The molecule has 0 bridgehead atoms. The van der Waals surface area contributed by atoms with Crippen molar-refractivity contribution in [1.82, 2.24) is 15.0 Å². The number of nitrogens with one attached hydrogen (secondary N) is 1. The largest absolute Gasteiger partial charge is 0.467 e. The number of nitriles is 1. The predicted octanol–water partition coefficient (Wildman–Crippen LogP) is 2.38. The predicted molar refractivity (Wildman–Crippen MR) is 75.3 cm³/mol. The number of halogens is 1. The van der Waals surface area contributed by atoms with Crippen molar-refractivity contribution in [3.63, 3.8) is 0 Å². The number of methoxy groups -OCH3 is 1. The molecule has 1 heterocycles. The highest BCUT2D eigenvalue weighted by Gasteiger charge is 2.11. The van der Waals surface area contributed by atoms with E-state index in [0.29, 0.717) is 18.1 Å². The van der Waals surface area contributed by atoms with Gasteiger partial charge in [-0.15, -0.1) is 0 Å². The molecule has 21 heavy (non-hydrogen) atoms. The lowest BCUT2D eigenvalue weighted by Crippen LogP contribution is -2.07. The topological polar surface area (TPSA) is 83.7 Å². The maximum absolute atomic E-state index is 13.5. The molecule has 1 aromatic carbocycles. The van der Waals surface area contributed by atoms with Crippen molar-refractivity contribution < 1.29 is 9.13 Å². The molecular formula is C14H14FN5O. The van der Waals surface area contributed by atoms with E-state index in [4.69, 9.17) is 10.00 Å². The second kappa shape index (κ2) is 6.61. The zero-order chi connectivity index (χ0) is 15.2. The Balaban J connectivity index is 2.47. The van der Waals surface area contributed by atoms with Gasteiger partial charge in [-0.1, -0.05) is 6.92 Å². The van der Waals surface area contributed by atoms with Crippen LogP contribution in [0, 0.1) is 17.1 Å². The lowest BCUT2D eigenvalue weighted by atomic mass is 10.1. The van der Waals surface area contributed by atoms with Crippen LogP contribution in [0.2, 0.25) is 0 Å². The van der Waals surface area contributed by atoms with Crippen LogP contribution in [0.4, 0.5) is 10.3 Å². The van der Waals surface area contributed by atoms with Gasteiger partial charge in [0.1, 0.15) is 5.82 Å². The summed E-state index contributed by atoms with van der Waals surface area (Å²) in [5.74, 6) is 0.0735. The molecule has 2 aromatic rings. The zero-order valence-corrected chi connectivity index (χ0v) is 11.7. The Hall–Kier alpha value is -2.75. The van der Waals surface area contributed by atoms with Crippen molar-refractivity contribution in [2.45, 2.75) is 13.3 Å². The van der Waals surface area contributed by atoms with E-state index in [9.17, 15) is 4.39 Å². The third-order valence-electron chi connectivity index (χ3n) is 2.62. The molecule has 0 amide bonds. The van der Waals surface area contributed by atoms with Crippen molar-refractivity contribution in [3.8, 4) is 23.5 Å². The molecule has 0 fully saturated rings. The first-order valence-corrected chi connectivity index (χ1v) is 6.41. The second-order valence-electron chi connectivity index (χ2n) is 4.24. The number of aromatic nitrogens is 3. The van der Waals surface area contributed by atoms with E-state index in [2.05, 4.69) is 20.3 Å². The first-order valence-electron chi connectivity index (χ1n) is 6.41. The number of benzene rings is 1. The Morgan fingerprint density at radius 1 is 1.29 bits per heavy atom. The Morgan fingerprint density at radius 3 is 2.76 bits per heavy atom. The van der Waals surface area contributed by atoms with Gasteiger partial charge in [-0.05, 0) is 24.6 Å². The van der Waals surface area contributed by atoms with E-state index >= 15 is 0 Å². The molecule has 0 aliphatic rings. The van der Waals surface area contributed by atoms with Gasteiger partial charge >= 0.3 is 6.01 Å². The van der Waals surface area contributed by atoms with E-state index in [0.717, 1.165) is 12.5 Å². The monoisotopic (exact) mass is 287 g/mol. The van der Waals surface area contributed by atoms with Gasteiger partial charge in [-0.3, -0.25) is 0 Å². The van der Waals surface area contributed by atoms with E-state index in [1.807, 2.05) is 13.0 Å². The number of hydrogen-bond donors (Lipinski definition) is 1. The summed E-state index contributed by atoms with van der Waals surface area (Å²) in [5, 5.41) is 11.9. The third-order valence-corrected chi connectivity index (χ3v) is 2.62. The Morgan fingerprint density at radius 2 is 2.10 bits per heavy atom. The highest BCUT2D eigenvalue weighted by molar-refractivity contribution is 5.59. The quantitative estimate of drug-likeness (QED) is 0.909. The van der Waals surface area contributed by atoms with Crippen LogP contribution in [0.5, 0.6) is 6.01 Å². The van der Waals surface area contributed by atoms with Crippen molar-refractivity contribution >= 4 is 5.95 Å². The van der Waals surface area contributed by atoms with Gasteiger partial charge in [0.25, 0.3) is 0 Å². The molecule has 108 valence electrons. The van der Waals surface area contributed by atoms with Crippen LogP contribution in [0.3, 0.4) is 0 Å². The lowest BCUT2D eigenvalue weighted by Gasteiger charge is -2.08. The Labute approximate surface area is 121 Å². The molecule has 7 heteroatoms. The second-order valence-corrected chi connectivity index (χ2v) is 4.24. The summed E-state index contributed by atoms with van der Waals surface area (Å²) in [6, 6.07) is 5.95. The molecule has 6 nitrogen and oxygen atoms in total. The summed E-state index contributed by atoms with van der Waals surface area (Å²) < 4.78 is 18.5. The Bertz CT molecular complexity index is 684. The fourth-order valence-corrected chi connectivity index (χ4v) is 1.68. The first-order chi connectivity index (χ1) is 10.2. The van der Waals surface area contributed by atoms with Crippen LogP contribution in [-0.4, -0.2) is 28.6 Å². The Kier molecular flexibility index (Phi) is 4.61. The highest BCUT2D eigenvalue weighted by Crippen LogP contribution is 2.21. The summed E-state index contributed by atoms with van der Waals surface area (Å²) in [5.41, 5.74) is 0.597. The van der Waals surface area contributed by atoms with Gasteiger partial charge < -0.3 is 10.1 Å². The molecule has 1 aromatic heterocycles. The minimum absolute atomic E-state index is 0.126. The maximum Gasteiger partial charge on any atom is 0.321 e. The zero-order valence-electron chi connectivity index (χ0n) is 11.7. The molecule has 1 N–H and O–H groups in total. The van der Waals surface area contributed by atoms with Gasteiger partial charge in [0.2, 0.25) is 5.95 Å². The molecule has 0 radical (unpaired) electrons. The fraction of sp³-hybridized carbons (Fsp3) is 0.286. The standard InChI is InChI=1S/C14H14FN5O/c1-3-4-17-13-18-12(19-14(20-13)21-2)10-5-9(8-16)6-11(15)7-10/h5-7H,3-4H2,1-2H3,(H,17,18,19,20). The SMILES string of the molecule is CCCNc1nc(OC)nc(-c2cc(F)cc(C#N)c2)n1. The highest BCUT2D eigenvalue weighted by atomic mass is 19.1. The van der Waals surface area contributed by atoms with Crippen molar-refractivity contribution in [3.05, 3.63) is 29.6 Å². The van der Waals surface area contributed by atoms with Crippen LogP contribution in [-0.2, 0) is 0 Å². The number of anilines is 1. The van der Waals surface area contributed by atoms with E-state index in [1.54, 1.807) is 0 Å². The summed E-state index contributed by atoms with van der Waals surface area (Å²) in [6.07, 6.45) is 0.905. The van der Waals surface area contributed by atoms with Gasteiger partial charge in [-0.2, -0.15) is 20.2 Å². The minimum Gasteiger partial charge on any atom is -0.467 e. The number of rotatable bonds is 5. The molecular weight excluding hydrogens is 273 g/mol. The summed E-state index contributed by atoms with van der Waals surface area (Å²) in [7, 11) is 1.44. The normalized spacial score (nSPS) is 10.0. The first kappa shape index (κ1) is 14.7. The van der Waals surface area contributed by atoms with Crippen LogP contribution < -0.4 is 10.1 Å². The molecule has 0 aliphatic carbocycles. The average Bonchev–Trinajstić information content (AvgIpc) is 2.51. The third kappa shape index (κ3) is 3.63.